The van der Waals surface area contributed by atoms with Crippen LogP contribution in [-0.4, -0.2) is 77.6 Å². The van der Waals surface area contributed by atoms with Gasteiger partial charge < -0.3 is 19.4 Å². The molecular weight excluding hydrogens is 380 g/mol. The number of rotatable bonds is 4. The van der Waals surface area contributed by atoms with Gasteiger partial charge in [-0.1, -0.05) is 0 Å². The van der Waals surface area contributed by atoms with E-state index in [0.717, 1.165) is 81.2 Å². The Morgan fingerprint density at radius 1 is 0.667 bits per heavy atom. The topological polar surface area (TPSA) is 83.4 Å². The highest BCUT2D eigenvalue weighted by Crippen LogP contribution is 2.22. The molecule has 9 nitrogen and oxygen atoms in total. The zero-order valence-corrected chi connectivity index (χ0v) is 16.8. The maximum absolute atomic E-state index is 5.44. The van der Waals surface area contributed by atoms with E-state index in [1.54, 1.807) is 18.7 Å². The summed E-state index contributed by atoms with van der Waals surface area (Å²) in [7, 11) is 0. The van der Waals surface area contributed by atoms with E-state index in [0.29, 0.717) is 0 Å². The number of pyridine rings is 1. The van der Waals surface area contributed by atoms with Crippen LogP contribution in [0.25, 0.3) is 11.3 Å². The van der Waals surface area contributed by atoms with Gasteiger partial charge in [0.25, 0.3) is 0 Å². The Kier molecular flexibility index (Phi) is 5.34. The molecular formula is C21H24N8O. The molecule has 0 aliphatic carbocycles. The Hall–Kier alpha value is -3.33. The van der Waals surface area contributed by atoms with Crippen LogP contribution >= 0.6 is 0 Å². The number of hydrogen-bond donors (Lipinski definition) is 0. The fourth-order valence-electron chi connectivity index (χ4n) is 3.81. The van der Waals surface area contributed by atoms with Crippen molar-refractivity contribution in [2.24, 2.45) is 0 Å². The molecule has 0 atom stereocenters. The van der Waals surface area contributed by atoms with Crippen molar-refractivity contribution in [3.63, 3.8) is 0 Å². The molecule has 0 aromatic carbocycles. The molecule has 5 rings (SSSR count). The number of anilines is 3. The standard InChI is InChI=1S/C21H24N8O/c1-2-19(26-25-18(1)17-3-5-22-6-4-17)27-7-9-28(10-8-27)20-15-21(24-16-23-20)29-11-13-30-14-12-29/h1-6,15-16H,7-14H2. The highest BCUT2D eigenvalue weighted by molar-refractivity contribution is 5.59. The van der Waals surface area contributed by atoms with Crippen molar-refractivity contribution in [3.05, 3.63) is 49.1 Å². The molecule has 3 aromatic heterocycles. The fraction of sp³-hybridized carbons (Fsp3) is 0.381. The van der Waals surface area contributed by atoms with E-state index < -0.39 is 0 Å². The first-order valence-corrected chi connectivity index (χ1v) is 10.3. The predicted octanol–water partition coefficient (Wildman–Crippen LogP) is 1.49. The van der Waals surface area contributed by atoms with Gasteiger partial charge in [-0.05, 0) is 24.3 Å². The van der Waals surface area contributed by atoms with Crippen molar-refractivity contribution in [2.45, 2.75) is 0 Å². The normalized spacial score (nSPS) is 17.3. The van der Waals surface area contributed by atoms with Gasteiger partial charge in [0.2, 0.25) is 0 Å². The van der Waals surface area contributed by atoms with Gasteiger partial charge in [0.05, 0.1) is 18.9 Å². The molecule has 0 bridgehead atoms. The van der Waals surface area contributed by atoms with E-state index in [9.17, 15) is 0 Å². The monoisotopic (exact) mass is 404 g/mol. The summed E-state index contributed by atoms with van der Waals surface area (Å²) in [5, 5.41) is 8.84. The second kappa shape index (κ2) is 8.58. The minimum atomic E-state index is 0.749. The molecule has 154 valence electrons. The molecule has 9 heteroatoms. The second-order valence-electron chi connectivity index (χ2n) is 7.32. The zero-order valence-electron chi connectivity index (χ0n) is 16.8. The van der Waals surface area contributed by atoms with E-state index in [4.69, 9.17) is 4.74 Å². The Balaban J connectivity index is 1.22. The van der Waals surface area contributed by atoms with Crippen molar-refractivity contribution in [1.82, 2.24) is 25.1 Å². The number of ether oxygens (including phenoxy) is 1. The molecule has 0 N–H and O–H groups in total. The molecule has 0 spiro atoms. The molecule has 2 aliphatic heterocycles. The Bertz CT molecular complexity index is 954. The van der Waals surface area contributed by atoms with E-state index in [1.165, 1.54) is 0 Å². The summed E-state index contributed by atoms with van der Waals surface area (Å²) in [5.74, 6) is 2.86. The number of morpholine rings is 1. The predicted molar refractivity (Wildman–Crippen MR) is 115 cm³/mol. The number of aromatic nitrogens is 5. The summed E-state index contributed by atoms with van der Waals surface area (Å²) >= 11 is 0. The van der Waals surface area contributed by atoms with Gasteiger partial charge in [0, 0.05) is 63.3 Å². The number of piperazine rings is 1. The van der Waals surface area contributed by atoms with Gasteiger partial charge in [-0.3, -0.25) is 4.98 Å². The quantitative estimate of drug-likeness (QED) is 0.642. The summed E-state index contributed by atoms with van der Waals surface area (Å²) in [6.45, 7) is 6.76. The van der Waals surface area contributed by atoms with Gasteiger partial charge in [-0.2, -0.15) is 0 Å². The van der Waals surface area contributed by atoms with Gasteiger partial charge in [-0.25, -0.2) is 9.97 Å². The van der Waals surface area contributed by atoms with Gasteiger partial charge in [-0.15, -0.1) is 10.2 Å². The summed E-state index contributed by atoms with van der Waals surface area (Å²) in [4.78, 5) is 19.8. The molecule has 0 unspecified atom stereocenters. The van der Waals surface area contributed by atoms with Crippen LogP contribution in [0.3, 0.4) is 0 Å². The molecule has 5 heterocycles. The Morgan fingerprint density at radius 3 is 1.93 bits per heavy atom. The fourth-order valence-corrected chi connectivity index (χ4v) is 3.81. The van der Waals surface area contributed by atoms with Gasteiger partial charge >= 0.3 is 0 Å². The molecule has 0 saturated carbocycles. The first kappa shape index (κ1) is 18.7. The average molecular weight is 404 g/mol. The lowest BCUT2D eigenvalue weighted by molar-refractivity contribution is 0.122. The third kappa shape index (κ3) is 4.02. The maximum atomic E-state index is 5.44. The summed E-state index contributed by atoms with van der Waals surface area (Å²) in [5.41, 5.74) is 1.88. The van der Waals surface area contributed by atoms with Crippen LogP contribution < -0.4 is 14.7 Å². The molecule has 3 aromatic rings. The lowest BCUT2D eigenvalue weighted by atomic mass is 10.2. The minimum Gasteiger partial charge on any atom is -0.378 e. The van der Waals surface area contributed by atoms with Gasteiger partial charge in [0.1, 0.15) is 18.0 Å². The first-order valence-electron chi connectivity index (χ1n) is 10.3. The maximum Gasteiger partial charge on any atom is 0.151 e. The first-order chi connectivity index (χ1) is 14.9. The van der Waals surface area contributed by atoms with E-state index in [2.05, 4.69) is 45.9 Å². The average Bonchev–Trinajstić information content (AvgIpc) is 2.85. The van der Waals surface area contributed by atoms with Crippen LogP contribution in [0.1, 0.15) is 0 Å². The molecule has 0 radical (unpaired) electrons. The van der Waals surface area contributed by atoms with Crippen molar-refractivity contribution in [3.8, 4) is 11.3 Å². The van der Waals surface area contributed by atoms with E-state index in [-0.39, 0.29) is 0 Å². The van der Waals surface area contributed by atoms with Crippen molar-refractivity contribution in [2.75, 3.05) is 67.2 Å². The van der Waals surface area contributed by atoms with Crippen molar-refractivity contribution < 1.29 is 4.74 Å². The lowest BCUT2D eigenvalue weighted by Gasteiger charge is -2.36. The number of nitrogens with zero attached hydrogens (tertiary/aromatic N) is 8. The van der Waals surface area contributed by atoms with Crippen molar-refractivity contribution in [1.29, 1.82) is 0 Å². The second-order valence-corrected chi connectivity index (χ2v) is 7.32. The Labute approximate surface area is 175 Å². The minimum absolute atomic E-state index is 0.749. The lowest BCUT2D eigenvalue weighted by Crippen LogP contribution is -2.47. The van der Waals surface area contributed by atoms with Crippen LogP contribution in [0.4, 0.5) is 17.5 Å². The van der Waals surface area contributed by atoms with Crippen LogP contribution in [0, 0.1) is 0 Å². The Morgan fingerprint density at radius 2 is 1.30 bits per heavy atom. The molecule has 0 amide bonds. The van der Waals surface area contributed by atoms with Crippen LogP contribution in [0.5, 0.6) is 0 Å². The molecule has 30 heavy (non-hydrogen) atoms. The third-order valence-electron chi connectivity index (χ3n) is 5.53. The molecule has 2 saturated heterocycles. The smallest absolute Gasteiger partial charge is 0.151 e. The SMILES string of the molecule is c1cc(-c2ccc(N3CCN(c4cc(N5CCOCC5)ncn4)CC3)nn2)ccn1. The third-order valence-corrected chi connectivity index (χ3v) is 5.53. The van der Waals surface area contributed by atoms with E-state index in [1.807, 2.05) is 24.3 Å². The van der Waals surface area contributed by atoms with E-state index >= 15 is 0 Å². The van der Waals surface area contributed by atoms with Crippen LogP contribution in [-0.2, 0) is 4.74 Å². The van der Waals surface area contributed by atoms with Crippen LogP contribution in [0.2, 0.25) is 0 Å². The molecule has 2 fully saturated rings. The van der Waals surface area contributed by atoms with Crippen molar-refractivity contribution >= 4 is 17.5 Å². The highest BCUT2D eigenvalue weighted by atomic mass is 16.5. The summed E-state index contributed by atoms with van der Waals surface area (Å²) in [6.07, 6.45) is 5.19. The number of hydrogen-bond acceptors (Lipinski definition) is 9. The summed E-state index contributed by atoms with van der Waals surface area (Å²) in [6, 6.07) is 10.0. The largest absolute Gasteiger partial charge is 0.378 e. The zero-order chi connectivity index (χ0) is 20.2. The van der Waals surface area contributed by atoms with Crippen LogP contribution in [0.15, 0.2) is 49.1 Å². The van der Waals surface area contributed by atoms with Gasteiger partial charge in [0.15, 0.2) is 5.82 Å². The highest BCUT2D eigenvalue weighted by Gasteiger charge is 2.21. The molecule has 2 aliphatic rings. The summed E-state index contributed by atoms with van der Waals surface area (Å²) < 4.78 is 5.44.